The van der Waals surface area contributed by atoms with Crippen molar-refractivity contribution in [2.45, 2.75) is 13.3 Å². The van der Waals surface area contributed by atoms with Crippen LogP contribution in [0.3, 0.4) is 0 Å². The Morgan fingerprint density at radius 2 is 2.20 bits per heavy atom. The number of carboxylic acid groups (broad SMARTS) is 1. The number of aliphatic carboxylic acids is 1. The van der Waals surface area contributed by atoms with Gasteiger partial charge in [0.05, 0.1) is 23.7 Å². The van der Waals surface area contributed by atoms with Crippen molar-refractivity contribution in [3.63, 3.8) is 0 Å². The normalized spacial score (nSPS) is 10.6. The molecule has 0 aliphatic rings. The summed E-state index contributed by atoms with van der Waals surface area (Å²) in [4.78, 5) is 10.9. The number of ether oxygens (including phenoxy) is 1. The third kappa shape index (κ3) is 2.70. The smallest absolute Gasteiger partial charge is 0.309 e. The van der Waals surface area contributed by atoms with E-state index in [-0.39, 0.29) is 6.42 Å². The molecule has 0 radical (unpaired) electrons. The fourth-order valence-corrected chi connectivity index (χ4v) is 2.74. The number of hydrogen-bond donors (Lipinski definition) is 1. The van der Waals surface area contributed by atoms with Crippen LogP contribution in [0.15, 0.2) is 22.7 Å². The van der Waals surface area contributed by atoms with E-state index in [2.05, 4.69) is 21.0 Å². The van der Waals surface area contributed by atoms with E-state index in [1.165, 1.54) is 0 Å². The number of benzene rings is 1. The summed E-state index contributed by atoms with van der Waals surface area (Å²) in [5.74, 6) is -0.187. The molecule has 0 saturated carbocycles. The summed E-state index contributed by atoms with van der Waals surface area (Å²) in [5.41, 5.74) is 3.23. The summed E-state index contributed by atoms with van der Waals surface area (Å²) >= 11 is 3.45. The number of aromatic nitrogens is 2. The number of hydrogen-bond acceptors (Lipinski definition) is 3. The van der Waals surface area contributed by atoms with E-state index in [4.69, 9.17) is 9.84 Å². The average Bonchev–Trinajstić information content (AvgIpc) is 2.66. The Balaban J connectivity index is 2.59. The zero-order chi connectivity index (χ0) is 14.9. The minimum atomic E-state index is -0.892. The molecule has 0 bridgehead atoms. The Morgan fingerprint density at radius 3 is 2.80 bits per heavy atom. The van der Waals surface area contributed by atoms with Crippen molar-refractivity contribution in [1.82, 2.24) is 9.78 Å². The van der Waals surface area contributed by atoms with E-state index in [1.807, 2.05) is 25.1 Å². The summed E-state index contributed by atoms with van der Waals surface area (Å²) in [6.45, 7) is 1.98. The molecule has 0 atom stereocenters. The van der Waals surface area contributed by atoms with Crippen molar-refractivity contribution in [3.8, 4) is 17.0 Å². The Labute approximate surface area is 125 Å². The Morgan fingerprint density at radius 1 is 1.50 bits per heavy atom. The van der Waals surface area contributed by atoms with Crippen LogP contribution in [0, 0.1) is 6.92 Å². The summed E-state index contributed by atoms with van der Waals surface area (Å²) in [7, 11) is 3.33. The van der Waals surface area contributed by atoms with Gasteiger partial charge in [-0.1, -0.05) is 11.6 Å². The van der Waals surface area contributed by atoms with Gasteiger partial charge in [-0.25, -0.2) is 0 Å². The van der Waals surface area contributed by atoms with Crippen LogP contribution >= 0.6 is 15.9 Å². The zero-order valence-electron chi connectivity index (χ0n) is 11.5. The highest BCUT2D eigenvalue weighted by molar-refractivity contribution is 9.10. The molecule has 1 heterocycles. The topological polar surface area (TPSA) is 64.4 Å². The first-order chi connectivity index (χ1) is 9.43. The molecule has 0 aliphatic heterocycles. The highest BCUT2D eigenvalue weighted by Gasteiger charge is 2.20. The number of carbonyl (C=O) groups is 1. The lowest BCUT2D eigenvalue weighted by molar-refractivity contribution is -0.136. The maximum absolute atomic E-state index is 10.9. The van der Waals surface area contributed by atoms with Crippen LogP contribution in [0.4, 0.5) is 0 Å². The molecule has 6 heteroatoms. The minimum Gasteiger partial charge on any atom is -0.496 e. The molecule has 0 spiro atoms. The third-order valence-corrected chi connectivity index (χ3v) is 3.86. The molecular weight excluding hydrogens is 324 g/mol. The van der Waals surface area contributed by atoms with E-state index in [1.54, 1.807) is 18.8 Å². The largest absolute Gasteiger partial charge is 0.496 e. The second-order valence-electron chi connectivity index (χ2n) is 4.51. The summed E-state index contributed by atoms with van der Waals surface area (Å²) in [6, 6.07) is 5.80. The lowest BCUT2D eigenvalue weighted by Gasteiger charge is -2.07. The molecular formula is C14H15BrN2O3. The molecule has 106 valence electrons. The second kappa shape index (κ2) is 5.66. The Hall–Kier alpha value is -1.82. The molecule has 20 heavy (non-hydrogen) atoms. The van der Waals surface area contributed by atoms with Gasteiger partial charge in [0, 0.05) is 12.6 Å². The SMILES string of the molecule is COc1ccc(C)cc1-c1nn(C)c(CC(=O)O)c1Br. The van der Waals surface area contributed by atoms with Gasteiger partial charge in [-0.15, -0.1) is 0 Å². The van der Waals surface area contributed by atoms with E-state index < -0.39 is 5.97 Å². The molecule has 2 rings (SSSR count). The van der Waals surface area contributed by atoms with Crippen LogP contribution in [0.2, 0.25) is 0 Å². The molecule has 1 aromatic carbocycles. The maximum Gasteiger partial charge on any atom is 0.309 e. The number of halogens is 1. The Kier molecular flexibility index (Phi) is 4.13. The van der Waals surface area contributed by atoms with Gasteiger partial charge < -0.3 is 9.84 Å². The highest BCUT2D eigenvalue weighted by atomic mass is 79.9. The number of carboxylic acids is 1. The van der Waals surface area contributed by atoms with Crippen LogP contribution in [0.5, 0.6) is 5.75 Å². The lowest BCUT2D eigenvalue weighted by atomic mass is 10.1. The van der Waals surface area contributed by atoms with Gasteiger partial charge in [0.1, 0.15) is 11.4 Å². The van der Waals surface area contributed by atoms with Crippen LogP contribution in [-0.2, 0) is 18.3 Å². The predicted molar refractivity (Wildman–Crippen MR) is 79.0 cm³/mol. The van der Waals surface area contributed by atoms with Gasteiger partial charge >= 0.3 is 5.97 Å². The number of rotatable bonds is 4. The summed E-state index contributed by atoms with van der Waals surface area (Å²) in [6.07, 6.45) is -0.0851. The first-order valence-electron chi connectivity index (χ1n) is 6.02. The molecule has 0 saturated heterocycles. The van der Waals surface area contributed by atoms with Gasteiger partial charge in [-0.2, -0.15) is 5.10 Å². The number of aryl methyl sites for hydroxylation is 2. The van der Waals surface area contributed by atoms with E-state index in [0.29, 0.717) is 21.6 Å². The lowest BCUT2D eigenvalue weighted by Crippen LogP contribution is -2.06. The summed E-state index contributed by atoms with van der Waals surface area (Å²) in [5, 5.41) is 13.4. The molecule has 0 unspecified atom stereocenters. The van der Waals surface area contributed by atoms with Crippen molar-refractivity contribution in [1.29, 1.82) is 0 Å². The van der Waals surface area contributed by atoms with Gasteiger partial charge in [0.2, 0.25) is 0 Å². The van der Waals surface area contributed by atoms with Crippen LogP contribution in [0.25, 0.3) is 11.3 Å². The van der Waals surface area contributed by atoms with Crippen molar-refractivity contribution in [2.75, 3.05) is 7.11 Å². The fourth-order valence-electron chi connectivity index (χ4n) is 2.05. The molecule has 2 aromatic rings. The van der Waals surface area contributed by atoms with E-state index >= 15 is 0 Å². The number of nitrogens with zero attached hydrogens (tertiary/aromatic N) is 2. The minimum absolute atomic E-state index is 0.0851. The van der Waals surface area contributed by atoms with Crippen molar-refractivity contribution < 1.29 is 14.6 Å². The van der Waals surface area contributed by atoms with Crippen LogP contribution in [-0.4, -0.2) is 28.0 Å². The molecule has 1 N–H and O–H groups in total. The molecule has 0 fully saturated rings. The van der Waals surface area contributed by atoms with E-state index in [0.717, 1.165) is 11.1 Å². The molecule has 5 nitrogen and oxygen atoms in total. The Bertz CT molecular complexity index is 665. The fraction of sp³-hybridized carbons (Fsp3) is 0.286. The quantitative estimate of drug-likeness (QED) is 0.930. The van der Waals surface area contributed by atoms with Gasteiger partial charge in [0.25, 0.3) is 0 Å². The average molecular weight is 339 g/mol. The first-order valence-corrected chi connectivity index (χ1v) is 6.81. The molecule has 0 amide bonds. The molecule has 1 aromatic heterocycles. The predicted octanol–water partition coefficient (Wildman–Crippen LogP) is 2.79. The van der Waals surface area contributed by atoms with Crippen LogP contribution in [0.1, 0.15) is 11.3 Å². The van der Waals surface area contributed by atoms with Gasteiger partial charge in [0.15, 0.2) is 0 Å². The molecule has 0 aliphatic carbocycles. The van der Waals surface area contributed by atoms with Crippen molar-refractivity contribution in [3.05, 3.63) is 33.9 Å². The standard InChI is InChI=1S/C14H15BrN2O3/c1-8-4-5-11(20-3)9(6-8)14-13(15)10(7-12(18)19)17(2)16-14/h4-6H,7H2,1-3H3,(H,18,19). The monoisotopic (exact) mass is 338 g/mol. The van der Waals surface area contributed by atoms with Crippen molar-refractivity contribution in [2.24, 2.45) is 7.05 Å². The third-order valence-electron chi connectivity index (χ3n) is 3.03. The zero-order valence-corrected chi connectivity index (χ0v) is 13.1. The van der Waals surface area contributed by atoms with Crippen molar-refractivity contribution >= 4 is 21.9 Å². The second-order valence-corrected chi connectivity index (χ2v) is 5.30. The highest BCUT2D eigenvalue weighted by Crippen LogP contribution is 2.36. The first kappa shape index (κ1) is 14.6. The number of methoxy groups -OCH3 is 1. The van der Waals surface area contributed by atoms with E-state index in [9.17, 15) is 4.79 Å². The van der Waals surface area contributed by atoms with Crippen LogP contribution < -0.4 is 4.74 Å². The van der Waals surface area contributed by atoms with Gasteiger partial charge in [-0.05, 0) is 35.0 Å². The summed E-state index contributed by atoms with van der Waals surface area (Å²) < 4.78 is 7.62. The maximum atomic E-state index is 10.9. The van der Waals surface area contributed by atoms with Gasteiger partial charge in [-0.3, -0.25) is 9.48 Å².